The molecular weight excluding hydrogens is 290 g/mol. The van der Waals surface area contributed by atoms with Crippen LogP contribution in [0.15, 0.2) is 29.3 Å². The molecule has 0 aliphatic carbocycles. The van der Waals surface area contributed by atoms with Crippen LogP contribution in [0.1, 0.15) is 38.7 Å². The van der Waals surface area contributed by atoms with Gasteiger partial charge in [0.15, 0.2) is 5.96 Å². The Hall–Kier alpha value is -1.75. The zero-order valence-corrected chi connectivity index (χ0v) is 15.1. The van der Waals surface area contributed by atoms with Crippen LogP contribution in [0.3, 0.4) is 0 Å². The fraction of sp³-hybridized carbons (Fsp3) is 0.611. The molecule has 130 valence electrons. The molecule has 5 heteroatoms. The summed E-state index contributed by atoms with van der Waals surface area (Å²) < 4.78 is 10.3. The molecule has 0 radical (unpaired) electrons. The first-order valence-corrected chi connectivity index (χ1v) is 8.28. The Kier molecular flexibility index (Phi) is 9.14. The van der Waals surface area contributed by atoms with Crippen LogP contribution in [-0.2, 0) is 4.74 Å². The van der Waals surface area contributed by atoms with Crippen molar-refractivity contribution in [2.75, 3.05) is 33.9 Å². The second-order valence-electron chi connectivity index (χ2n) is 5.72. The normalized spacial score (nSPS) is 14.2. The van der Waals surface area contributed by atoms with E-state index in [0.29, 0.717) is 12.5 Å². The van der Waals surface area contributed by atoms with E-state index in [1.54, 1.807) is 14.2 Å². The number of benzene rings is 1. The molecule has 1 aromatic rings. The molecule has 2 N–H and O–H groups in total. The minimum Gasteiger partial charge on any atom is -0.497 e. The molecule has 23 heavy (non-hydrogen) atoms. The van der Waals surface area contributed by atoms with Crippen molar-refractivity contribution < 1.29 is 9.47 Å². The molecular formula is C18H31N3O2. The summed E-state index contributed by atoms with van der Waals surface area (Å²) in [5.74, 6) is 2.20. The molecule has 0 aliphatic rings. The van der Waals surface area contributed by atoms with Crippen LogP contribution in [0, 0.1) is 0 Å². The van der Waals surface area contributed by atoms with Gasteiger partial charge in [-0.05, 0) is 43.9 Å². The summed E-state index contributed by atoms with van der Waals surface area (Å²) >= 11 is 0. The summed E-state index contributed by atoms with van der Waals surface area (Å²) in [6.07, 6.45) is 1.00. The topological polar surface area (TPSA) is 54.9 Å². The number of guanidine groups is 1. The summed E-state index contributed by atoms with van der Waals surface area (Å²) in [5.41, 5.74) is 1.31. The molecule has 5 nitrogen and oxygen atoms in total. The molecule has 0 aromatic heterocycles. The first-order chi connectivity index (χ1) is 11.1. The number of rotatable bonds is 9. The third-order valence-corrected chi connectivity index (χ3v) is 3.66. The quantitative estimate of drug-likeness (QED) is 0.542. The standard InChI is InChI=1S/C18H31N3O2/c1-6-19-18(21-15(3)13-22-4)20-12-11-14(2)16-7-9-17(23-5)10-8-16/h7-10,14-15H,6,11-13H2,1-5H3,(H2,19,20,21). The lowest BCUT2D eigenvalue weighted by Crippen LogP contribution is -2.44. The lowest BCUT2D eigenvalue weighted by atomic mass is 9.98. The van der Waals surface area contributed by atoms with Gasteiger partial charge in [0.05, 0.1) is 13.7 Å². The van der Waals surface area contributed by atoms with Gasteiger partial charge >= 0.3 is 0 Å². The van der Waals surface area contributed by atoms with Crippen LogP contribution in [0.5, 0.6) is 5.75 Å². The average Bonchev–Trinajstić information content (AvgIpc) is 2.55. The maximum atomic E-state index is 5.20. The zero-order chi connectivity index (χ0) is 17.1. The summed E-state index contributed by atoms with van der Waals surface area (Å²) in [7, 11) is 3.39. The number of nitrogens with one attached hydrogen (secondary N) is 2. The zero-order valence-electron chi connectivity index (χ0n) is 15.1. The smallest absolute Gasteiger partial charge is 0.191 e. The molecule has 1 aromatic carbocycles. The average molecular weight is 321 g/mol. The second-order valence-corrected chi connectivity index (χ2v) is 5.72. The van der Waals surface area contributed by atoms with Crippen molar-refractivity contribution in [3.63, 3.8) is 0 Å². The van der Waals surface area contributed by atoms with Crippen LogP contribution in [0.2, 0.25) is 0 Å². The third-order valence-electron chi connectivity index (χ3n) is 3.66. The maximum Gasteiger partial charge on any atom is 0.191 e. The van der Waals surface area contributed by atoms with Crippen molar-refractivity contribution in [2.24, 2.45) is 4.99 Å². The van der Waals surface area contributed by atoms with E-state index in [0.717, 1.165) is 31.2 Å². The summed E-state index contributed by atoms with van der Waals surface area (Å²) in [6.45, 7) is 8.66. The van der Waals surface area contributed by atoms with Gasteiger partial charge < -0.3 is 20.1 Å². The van der Waals surface area contributed by atoms with E-state index < -0.39 is 0 Å². The first kappa shape index (κ1) is 19.3. The molecule has 0 spiro atoms. The van der Waals surface area contributed by atoms with Crippen molar-refractivity contribution in [2.45, 2.75) is 39.2 Å². The van der Waals surface area contributed by atoms with Gasteiger partial charge in [0.25, 0.3) is 0 Å². The molecule has 0 aliphatic heterocycles. The molecule has 0 fully saturated rings. The highest BCUT2D eigenvalue weighted by molar-refractivity contribution is 5.80. The Bertz CT molecular complexity index is 460. The first-order valence-electron chi connectivity index (χ1n) is 8.28. The number of methoxy groups -OCH3 is 2. The number of nitrogens with zero attached hydrogens (tertiary/aromatic N) is 1. The fourth-order valence-electron chi connectivity index (χ4n) is 2.31. The van der Waals surface area contributed by atoms with Crippen molar-refractivity contribution in [1.82, 2.24) is 10.6 Å². The second kappa shape index (κ2) is 10.9. The Labute approximate surface area is 140 Å². The number of aliphatic imine (C=N–C) groups is 1. The third kappa shape index (κ3) is 7.37. The van der Waals surface area contributed by atoms with Crippen LogP contribution < -0.4 is 15.4 Å². The highest BCUT2D eigenvalue weighted by Gasteiger charge is 2.07. The van der Waals surface area contributed by atoms with Crippen LogP contribution in [0.25, 0.3) is 0 Å². The van der Waals surface area contributed by atoms with Gasteiger partial charge in [-0.15, -0.1) is 0 Å². The molecule has 0 amide bonds. The SMILES string of the molecule is CCNC(=NCCC(C)c1ccc(OC)cc1)NC(C)COC. The van der Waals surface area contributed by atoms with E-state index in [4.69, 9.17) is 9.47 Å². The van der Waals surface area contributed by atoms with Gasteiger partial charge in [0.1, 0.15) is 5.75 Å². The number of hydrogen-bond acceptors (Lipinski definition) is 3. The van der Waals surface area contributed by atoms with E-state index >= 15 is 0 Å². The van der Waals surface area contributed by atoms with E-state index in [-0.39, 0.29) is 6.04 Å². The molecule has 0 saturated heterocycles. The Morgan fingerprint density at radius 2 is 1.87 bits per heavy atom. The minimum absolute atomic E-state index is 0.233. The summed E-state index contributed by atoms with van der Waals surface area (Å²) in [5, 5.41) is 6.61. The highest BCUT2D eigenvalue weighted by Crippen LogP contribution is 2.21. The Balaban J connectivity index is 2.51. The van der Waals surface area contributed by atoms with Gasteiger partial charge in [0.2, 0.25) is 0 Å². The lowest BCUT2D eigenvalue weighted by Gasteiger charge is -2.17. The van der Waals surface area contributed by atoms with E-state index in [1.165, 1.54) is 5.56 Å². The molecule has 0 saturated carbocycles. The van der Waals surface area contributed by atoms with Crippen molar-refractivity contribution in [3.8, 4) is 5.75 Å². The summed E-state index contributed by atoms with van der Waals surface area (Å²) in [6, 6.07) is 8.49. The van der Waals surface area contributed by atoms with E-state index in [2.05, 4.69) is 48.5 Å². The number of ether oxygens (including phenoxy) is 2. The van der Waals surface area contributed by atoms with Gasteiger partial charge in [-0.3, -0.25) is 4.99 Å². The fourth-order valence-corrected chi connectivity index (χ4v) is 2.31. The Morgan fingerprint density at radius 1 is 1.17 bits per heavy atom. The minimum atomic E-state index is 0.233. The largest absolute Gasteiger partial charge is 0.497 e. The monoisotopic (exact) mass is 321 g/mol. The molecule has 0 heterocycles. The highest BCUT2D eigenvalue weighted by atomic mass is 16.5. The molecule has 2 atom stereocenters. The predicted molar refractivity (Wildman–Crippen MR) is 96.5 cm³/mol. The van der Waals surface area contributed by atoms with Crippen LogP contribution >= 0.6 is 0 Å². The van der Waals surface area contributed by atoms with Gasteiger partial charge in [0, 0.05) is 26.2 Å². The maximum absolute atomic E-state index is 5.20. The van der Waals surface area contributed by atoms with Crippen molar-refractivity contribution in [1.29, 1.82) is 0 Å². The van der Waals surface area contributed by atoms with Crippen molar-refractivity contribution in [3.05, 3.63) is 29.8 Å². The van der Waals surface area contributed by atoms with Gasteiger partial charge in [-0.2, -0.15) is 0 Å². The van der Waals surface area contributed by atoms with Crippen LogP contribution in [-0.4, -0.2) is 45.9 Å². The van der Waals surface area contributed by atoms with Gasteiger partial charge in [-0.25, -0.2) is 0 Å². The molecule has 0 bridgehead atoms. The van der Waals surface area contributed by atoms with Crippen LogP contribution in [0.4, 0.5) is 0 Å². The lowest BCUT2D eigenvalue weighted by molar-refractivity contribution is 0.179. The Morgan fingerprint density at radius 3 is 2.43 bits per heavy atom. The molecule has 2 unspecified atom stereocenters. The van der Waals surface area contributed by atoms with Gasteiger partial charge in [-0.1, -0.05) is 19.1 Å². The predicted octanol–water partition coefficient (Wildman–Crippen LogP) is 2.78. The molecule has 1 rings (SSSR count). The van der Waals surface area contributed by atoms with E-state index in [1.807, 2.05) is 12.1 Å². The summed E-state index contributed by atoms with van der Waals surface area (Å²) in [4.78, 5) is 4.65. The van der Waals surface area contributed by atoms with Crippen molar-refractivity contribution >= 4 is 5.96 Å². The van der Waals surface area contributed by atoms with E-state index in [9.17, 15) is 0 Å². The number of hydrogen-bond donors (Lipinski definition) is 2.